The minimum absolute atomic E-state index is 0.724. The topological polar surface area (TPSA) is 30.5 Å². The van der Waals surface area contributed by atoms with E-state index in [9.17, 15) is 0 Å². The van der Waals surface area contributed by atoms with E-state index in [4.69, 9.17) is 9.47 Å². The quantitative estimate of drug-likeness (QED) is 0.748. The molecule has 0 aromatic heterocycles. The molecule has 0 aliphatic heterocycles. The van der Waals surface area contributed by atoms with Crippen molar-refractivity contribution >= 4 is 0 Å². The molecule has 0 heterocycles. The van der Waals surface area contributed by atoms with Crippen molar-refractivity contribution in [3.05, 3.63) is 23.8 Å². The molecule has 0 bridgehead atoms. The molecule has 0 atom stereocenters. The zero-order valence-electron chi connectivity index (χ0n) is 12.4. The molecule has 2 saturated carbocycles. The minimum atomic E-state index is 0.724. The molecule has 1 aromatic rings. The predicted molar refractivity (Wildman–Crippen MR) is 80.3 cm³/mol. The fourth-order valence-corrected chi connectivity index (χ4v) is 2.16. The standard InChI is InChI=1S/C17H25NO2/c1-2-9-19-16-8-5-14(11-18-15-6-7-15)17(10-16)20-12-13-3-4-13/h5,8,10,13,15,18H,2-4,6-7,9,11-12H2,1H3. The number of hydrogen-bond acceptors (Lipinski definition) is 3. The van der Waals surface area contributed by atoms with Crippen LogP contribution in [0.15, 0.2) is 18.2 Å². The van der Waals surface area contributed by atoms with Gasteiger partial charge in [0.2, 0.25) is 0 Å². The minimum Gasteiger partial charge on any atom is -0.493 e. The molecule has 2 aliphatic rings. The van der Waals surface area contributed by atoms with Gasteiger partial charge in [0.05, 0.1) is 13.2 Å². The van der Waals surface area contributed by atoms with Crippen LogP contribution in [0.2, 0.25) is 0 Å². The zero-order valence-corrected chi connectivity index (χ0v) is 12.4. The van der Waals surface area contributed by atoms with Crippen molar-refractivity contribution in [2.45, 2.75) is 51.6 Å². The Morgan fingerprint density at radius 2 is 2.00 bits per heavy atom. The molecule has 0 saturated heterocycles. The molecule has 110 valence electrons. The van der Waals surface area contributed by atoms with Crippen LogP contribution in [-0.4, -0.2) is 19.3 Å². The van der Waals surface area contributed by atoms with Crippen molar-refractivity contribution in [2.75, 3.05) is 13.2 Å². The van der Waals surface area contributed by atoms with E-state index in [0.29, 0.717) is 0 Å². The van der Waals surface area contributed by atoms with Gasteiger partial charge in [-0.15, -0.1) is 0 Å². The maximum atomic E-state index is 6.01. The van der Waals surface area contributed by atoms with E-state index in [-0.39, 0.29) is 0 Å². The van der Waals surface area contributed by atoms with Gasteiger partial charge in [-0.2, -0.15) is 0 Å². The van der Waals surface area contributed by atoms with E-state index < -0.39 is 0 Å². The van der Waals surface area contributed by atoms with Crippen LogP contribution < -0.4 is 14.8 Å². The summed E-state index contributed by atoms with van der Waals surface area (Å²) in [5.41, 5.74) is 1.25. The van der Waals surface area contributed by atoms with Crippen LogP contribution in [0.5, 0.6) is 11.5 Å². The monoisotopic (exact) mass is 275 g/mol. The molecule has 0 unspecified atom stereocenters. The molecule has 1 aromatic carbocycles. The highest BCUT2D eigenvalue weighted by Gasteiger charge is 2.23. The number of nitrogens with one attached hydrogen (secondary N) is 1. The van der Waals surface area contributed by atoms with Gasteiger partial charge in [-0.3, -0.25) is 0 Å². The molecule has 0 radical (unpaired) electrons. The first-order valence-corrected chi connectivity index (χ1v) is 7.97. The second-order valence-electron chi connectivity index (χ2n) is 6.03. The maximum absolute atomic E-state index is 6.01. The largest absolute Gasteiger partial charge is 0.493 e. The van der Waals surface area contributed by atoms with Crippen LogP contribution in [0.1, 0.15) is 44.6 Å². The molecule has 3 rings (SSSR count). The van der Waals surface area contributed by atoms with Crippen LogP contribution in [0.4, 0.5) is 0 Å². The Kier molecular flexibility index (Phi) is 4.46. The summed E-state index contributed by atoms with van der Waals surface area (Å²) in [4.78, 5) is 0. The van der Waals surface area contributed by atoms with Crippen molar-refractivity contribution in [3.63, 3.8) is 0 Å². The van der Waals surface area contributed by atoms with Crippen molar-refractivity contribution in [1.82, 2.24) is 5.32 Å². The molecule has 0 spiro atoms. The highest BCUT2D eigenvalue weighted by molar-refractivity contribution is 5.41. The van der Waals surface area contributed by atoms with E-state index >= 15 is 0 Å². The Labute approximate surface area is 121 Å². The second-order valence-corrected chi connectivity index (χ2v) is 6.03. The third-order valence-corrected chi connectivity index (χ3v) is 3.84. The van der Waals surface area contributed by atoms with E-state index in [1.165, 1.54) is 31.2 Å². The molecular formula is C17H25NO2. The molecule has 2 aliphatic carbocycles. The first kappa shape index (κ1) is 13.7. The van der Waals surface area contributed by atoms with Crippen LogP contribution in [0.3, 0.4) is 0 Å². The van der Waals surface area contributed by atoms with Gasteiger partial charge < -0.3 is 14.8 Å². The van der Waals surface area contributed by atoms with Crippen molar-refractivity contribution in [1.29, 1.82) is 0 Å². The van der Waals surface area contributed by atoms with Crippen molar-refractivity contribution in [3.8, 4) is 11.5 Å². The maximum Gasteiger partial charge on any atom is 0.127 e. The first-order valence-electron chi connectivity index (χ1n) is 7.97. The average molecular weight is 275 g/mol. The highest BCUT2D eigenvalue weighted by atomic mass is 16.5. The number of hydrogen-bond donors (Lipinski definition) is 1. The third kappa shape index (κ3) is 4.14. The Bertz CT molecular complexity index is 439. The van der Waals surface area contributed by atoms with Gasteiger partial charge in [0.25, 0.3) is 0 Å². The van der Waals surface area contributed by atoms with Crippen LogP contribution >= 0.6 is 0 Å². The summed E-state index contributed by atoms with van der Waals surface area (Å²) < 4.78 is 11.7. The lowest BCUT2D eigenvalue weighted by Crippen LogP contribution is -2.16. The van der Waals surface area contributed by atoms with E-state index in [1.807, 2.05) is 0 Å². The molecule has 2 fully saturated rings. The SMILES string of the molecule is CCCOc1ccc(CNC2CC2)c(OCC2CC2)c1. The summed E-state index contributed by atoms with van der Waals surface area (Å²) in [6.07, 6.45) is 6.30. The average Bonchev–Trinajstić information content (AvgIpc) is 3.36. The lowest BCUT2D eigenvalue weighted by Gasteiger charge is -2.14. The van der Waals surface area contributed by atoms with Crippen LogP contribution in [0, 0.1) is 5.92 Å². The molecular weight excluding hydrogens is 250 g/mol. The number of rotatable bonds is 9. The van der Waals surface area contributed by atoms with E-state index in [2.05, 4.69) is 30.4 Å². The number of benzene rings is 1. The Hall–Kier alpha value is -1.22. The van der Waals surface area contributed by atoms with Gasteiger partial charge in [-0.25, -0.2) is 0 Å². The van der Waals surface area contributed by atoms with Gasteiger partial charge >= 0.3 is 0 Å². The van der Waals surface area contributed by atoms with Gasteiger partial charge in [0, 0.05) is 24.2 Å². The van der Waals surface area contributed by atoms with E-state index in [0.717, 1.165) is 49.6 Å². The van der Waals surface area contributed by atoms with Crippen molar-refractivity contribution < 1.29 is 9.47 Å². The molecule has 20 heavy (non-hydrogen) atoms. The first-order chi connectivity index (χ1) is 9.85. The normalized spacial score (nSPS) is 18.1. The van der Waals surface area contributed by atoms with Gasteiger partial charge in [0.1, 0.15) is 11.5 Å². The molecule has 3 nitrogen and oxygen atoms in total. The summed E-state index contributed by atoms with van der Waals surface area (Å²) in [5.74, 6) is 2.70. The zero-order chi connectivity index (χ0) is 13.8. The summed E-state index contributed by atoms with van der Waals surface area (Å²) >= 11 is 0. The van der Waals surface area contributed by atoms with Gasteiger partial charge in [0.15, 0.2) is 0 Å². The second kappa shape index (κ2) is 6.49. The van der Waals surface area contributed by atoms with Crippen molar-refractivity contribution in [2.24, 2.45) is 5.92 Å². The summed E-state index contributed by atoms with van der Waals surface area (Å²) in [5, 5.41) is 3.56. The Morgan fingerprint density at radius 3 is 2.70 bits per heavy atom. The smallest absolute Gasteiger partial charge is 0.127 e. The summed E-state index contributed by atoms with van der Waals surface area (Å²) in [6.45, 7) is 4.65. The summed E-state index contributed by atoms with van der Waals surface area (Å²) in [7, 11) is 0. The predicted octanol–water partition coefficient (Wildman–Crippen LogP) is 3.52. The molecule has 0 amide bonds. The fourth-order valence-electron chi connectivity index (χ4n) is 2.16. The summed E-state index contributed by atoms with van der Waals surface area (Å²) in [6, 6.07) is 6.98. The Balaban J connectivity index is 1.64. The highest BCUT2D eigenvalue weighted by Crippen LogP contribution is 2.32. The van der Waals surface area contributed by atoms with E-state index in [1.54, 1.807) is 0 Å². The molecule has 1 N–H and O–H groups in total. The number of ether oxygens (including phenoxy) is 2. The van der Waals surface area contributed by atoms with Gasteiger partial charge in [-0.05, 0) is 44.1 Å². The van der Waals surface area contributed by atoms with Crippen LogP contribution in [-0.2, 0) is 6.54 Å². The fraction of sp³-hybridized carbons (Fsp3) is 0.647. The lowest BCUT2D eigenvalue weighted by atomic mass is 10.2. The Morgan fingerprint density at radius 1 is 1.15 bits per heavy atom. The lowest BCUT2D eigenvalue weighted by molar-refractivity contribution is 0.287. The third-order valence-electron chi connectivity index (χ3n) is 3.84. The van der Waals surface area contributed by atoms with Gasteiger partial charge in [-0.1, -0.05) is 13.0 Å². The molecule has 3 heteroatoms. The van der Waals surface area contributed by atoms with Crippen LogP contribution in [0.25, 0.3) is 0 Å².